The Labute approximate surface area is 169 Å². The van der Waals surface area contributed by atoms with Gasteiger partial charge in [0.2, 0.25) is 0 Å². The van der Waals surface area contributed by atoms with E-state index in [-0.39, 0.29) is 12.3 Å². The average molecular weight is 441 g/mol. The Morgan fingerprint density at radius 2 is 2.00 bits per heavy atom. The van der Waals surface area contributed by atoms with E-state index in [1.165, 1.54) is 7.11 Å². The molecular weight excluding hydrogens is 424 g/mol. The minimum Gasteiger partial charge on any atom is -0.489 e. The van der Waals surface area contributed by atoms with Crippen LogP contribution in [0.1, 0.15) is 21.6 Å². The molecule has 2 aromatic heterocycles. The first-order valence-electron chi connectivity index (χ1n) is 8.60. The number of rotatable bonds is 6. The van der Waals surface area contributed by atoms with Crippen molar-refractivity contribution in [2.24, 2.45) is 0 Å². The summed E-state index contributed by atoms with van der Waals surface area (Å²) in [6.07, 6.45) is 1.54. The summed E-state index contributed by atoms with van der Waals surface area (Å²) >= 11 is 3.52. The molecule has 0 saturated heterocycles. The van der Waals surface area contributed by atoms with Crippen molar-refractivity contribution in [3.8, 4) is 5.75 Å². The second-order valence-electron chi connectivity index (χ2n) is 6.32. The maximum absolute atomic E-state index is 11.6. The van der Waals surface area contributed by atoms with Crippen molar-refractivity contribution in [1.82, 2.24) is 9.97 Å². The van der Waals surface area contributed by atoms with Gasteiger partial charge in [-0.15, -0.1) is 0 Å². The van der Waals surface area contributed by atoms with Crippen molar-refractivity contribution in [3.05, 3.63) is 70.0 Å². The topological polar surface area (TPSA) is 84.4 Å². The number of H-pyrrole nitrogens is 1. The first-order chi connectivity index (χ1) is 13.6. The predicted molar refractivity (Wildman–Crippen MR) is 110 cm³/mol. The van der Waals surface area contributed by atoms with Gasteiger partial charge in [-0.25, -0.2) is 9.78 Å². The Kier molecular flexibility index (Phi) is 5.02. The summed E-state index contributed by atoms with van der Waals surface area (Å²) in [4.78, 5) is 19.0. The number of nitrogens with one attached hydrogen (secondary N) is 1. The smallest absolute Gasteiger partial charge is 0.354 e. The molecule has 0 aliphatic rings. The third-order valence-corrected chi connectivity index (χ3v) is 5.33. The number of hydrogen-bond acceptors (Lipinski definition) is 4. The standard InChI is InChI=1S/C21H17BrN2O4/c1-27-11-15-19-14-8-13(28-10-12-4-2-3-5-16(12)22)6-7-17(14)24-18(19)9-23-20(15)21(25)26/h2-9,24H,10-11H2,1H3,(H,25,26). The third kappa shape index (κ3) is 3.34. The number of halogens is 1. The number of carbonyl (C=O) groups is 1. The second kappa shape index (κ2) is 7.61. The second-order valence-corrected chi connectivity index (χ2v) is 7.18. The number of methoxy groups -OCH3 is 1. The van der Waals surface area contributed by atoms with Crippen LogP contribution in [0.15, 0.2) is 53.1 Å². The van der Waals surface area contributed by atoms with Crippen molar-refractivity contribution in [3.63, 3.8) is 0 Å². The van der Waals surface area contributed by atoms with Gasteiger partial charge >= 0.3 is 5.97 Å². The summed E-state index contributed by atoms with van der Waals surface area (Å²) < 4.78 is 12.2. The van der Waals surface area contributed by atoms with Crippen LogP contribution in [0.4, 0.5) is 0 Å². The van der Waals surface area contributed by atoms with Crippen LogP contribution in [-0.4, -0.2) is 28.2 Å². The van der Waals surface area contributed by atoms with Gasteiger partial charge in [-0.2, -0.15) is 0 Å². The molecule has 4 aromatic rings. The maximum atomic E-state index is 11.6. The molecule has 0 aliphatic heterocycles. The van der Waals surface area contributed by atoms with Gasteiger partial charge in [0.1, 0.15) is 12.4 Å². The Bertz CT molecular complexity index is 1190. The lowest BCUT2D eigenvalue weighted by Crippen LogP contribution is -2.07. The number of benzene rings is 2. The molecule has 142 valence electrons. The lowest BCUT2D eigenvalue weighted by Gasteiger charge is -2.09. The summed E-state index contributed by atoms with van der Waals surface area (Å²) in [5, 5.41) is 11.2. The molecule has 2 aromatic carbocycles. The lowest BCUT2D eigenvalue weighted by atomic mass is 10.1. The SMILES string of the molecule is COCc1c(C(=O)O)ncc2[nH]c3ccc(OCc4ccccc4Br)cc3c12. The van der Waals surface area contributed by atoms with Gasteiger partial charge in [0.15, 0.2) is 5.69 Å². The van der Waals surface area contributed by atoms with Crippen LogP contribution in [0.5, 0.6) is 5.75 Å². The highest BCUT2D eigenvalue weighted by atomic mass is 79.9. The number of hydrogen-bond donors (Lipinski definition) is 2. The highest BCUT2D eigenvalue weighted by Crippen LogP contribution is 2.33. The lowest BCUT2D eigenvalue weighted by molar-refractivity contribution is 0.0685. The number of carboxylic acids is 1. The monoisotopic (exact) mass is 440 g/mol. The van der Waals surface area contributed by atoms with E-state index in [1.54, 1.807) is 6.20 Å². The fraction of sp³-hybridized carbons (Fsp3) is 0.143. The number of aromatic nitrogens is 2. The molecule has 0 fully saturated rings. The molecule has 0 amide bonds. The van der Waals surface area contributed by atoms with E-state index in [1.807, 2.05) is 42.5 Å². The number of aromatic amines is 1. The number of pyridine rings is 1. The molecule has 4 rings (SSSR count). The van der Waals surface area contributed by atoms with Crippen LogP contribution in [0, 0.1) is 0 Å². The Morgan fingerprint density at radius 1 is 1.18 bits per heavy atom. The van der Waals surface area contributed by atoms with Crippen LogP contribution in [0.3, 0.4) is 0 Å². The van der Waals surface area contributed by atoms with Crippen molar-refractivity contribution in [1.29, 1.82) is 0 Å². The molecule has 6 nitrogen and oxygen atoms in total. The summed E-state index contributed by atoms with van der Waals surface area (Å²) in [5.41, 5.74) is 3.22. The van der Waals surface area contributed by atoms with Gasteiger partial charge in [0.25, 0.3) is 0 Å². The largest absolute Gasteiger partial charge is 0.489 e. The van der Waals surface area contributed by atoms with Crippen LogP contribution < -0.4 is 4.74 Å². The summed E-state index contributed by atoms with van der Waals surface area (Å²) in [6.45, 7) is 0.573. The Balaban J connectivity index is 1.79. The third-order valence-electron chi connectivity index (χ3n) is 4.55. The number of nitrogens with zero attached hydrogens (tertiary/aromatic N) is 1. The van der Waals surface area contributed by atoms with Crippen molar-refractivity contribution in [2.45, 2.75) is 13.2 Å². The molecule has 0 saturated carbocycles. The van der Waals surface area contributed by atoms with Crippen LogP contribution in [0.2, 0.25) is 0 Å². The molecule has 0 bridgehead atoms. The van der Waals surface area contributed by atoms with Crippen molar-refractivity contribution in [2.75, 3.05) is 7.11 Å². The van der Waals surface area contributed by atoms with Gasteiger partial charge in [-0.1, -0.05) is 34.1 Å². The first kappa shape index (κ1) is 18.5. The Hall–Kier alpha value is -2.90. The van der Waals surface area contributed by atoms with E-state index in [0.29, 0.717) is 17.9 Å². The van der Waals surface area contributed by atoms with Crippen LogP contribution in [-0.2, 0) is 18.0 Å². The molecule has 0 unspecified atom stereocenters. The highest BCUT2D eigenvalue weighted by Gasteiger charge is 2.19. The van der Waals surface area contributed by atoms with Crippen molar-refractivity contribution >= 4 is 43.7 Å². The zero-order valence-corrected chi connectivity index (χ0v) is 16.6. The van der Waals surface area contributed by atoms with Crippen molar-refractivity contribution < 1.29 is 19.4 Å². The number of carboxylic acid groups (broad SMARTS) is 1. The fourth-order valence-electron chi connectivity index (χ4n) is 3.27. The molecule has 28 heavy (non-hydrogen) atoms. The predicted octanol–water partition coefficient (Wildman–Crippen LogP) is 4.90. The molecular formula is C21H17BrN2O4. The summed E-state index contributed by atoms with van der Waals surface area (Å²) in [5.74, 6) is -0.383. The van der Waals surface area contributed by atoms with Gasteiger partial charge in [0, 0.05) is 39.0 Å². The fourth-order valence-corrected chi connectivity index (χ4v) is 3.67. The van der Waals surface area contributed by atoms with Crippen LogP contribution in [0.25, 0.3) is 21.8 Å². The van der Waals surface area contributed by atoms with Gasteiger partial charge in [-0.05, 0) is 24.3 Å². The van der Waals surface area contributed by atoms with E-state index >= 15 is 0 Å². The highest BCUT2D eigenvalue weighted by molar-refractivity contribution is 9.10. The van der Waals surface area contributed by atoms with Gasteiger partial charge < -0.3 is 19.6 Å². The Morgan fingerprint density at radius 3 is 2.75 bits per heavy atom. The molecule has 2 N–H and O–H groups in total. The minimum absolute atomic E-state index is 0.00483. The molecule has 7 heteroatoms. The van der Waals surface area contributed by atoms with Gasteiger partial charge in [-0.3, -0.25) is 0 Å². The zero-order chi connectivity index (χ0) is 19.7. The molecule has 0 aliphatic carbocycles. The van der Waals surface area contributed by atoms with E-state index in [9.17, 15) is 9.90 Å². The van der Waals surface area contributed by atoms with E-state index in [2.05, 4.69) is 25.9 Å². The minimum atomic E-state index is -1.08. The van der Waals surface area contributed by atoms with E-state index in [4.69, 9.17) is 9.47 Å². The normalized spacial score (nSPS) is 11.2. The maximum Gasteiger partial charge on any atom is 0.354 e. The van der Waals surface area contributed by atoms with E-state index in [0.717, 1.165) is 31.8 Å². The summed E-state index contributed by atoms with van der Waals surface area (Å²) in [6, 6.07) is 13.6. The molecule has 0 radical (unpaired) electrons. The number of ether oxygens (including phenoxy) is 2. The number of fused-ring (bicyclic) bond motifs is 3. The summed E-state index contributed by atoms with van der Waals surface area (Å²) in [7, 11) is 1.53. The quantitative estimate of drug-likeness (QED) is 0.445. The number of aromatic carboxylic acids is 1. The molecule has 0 atom stereocenters. The molecule has 0 spiro atoms. The zero-order valence-electron chi connectivity index (χ0n) is 15.0. The average Bonchev–Trinajstić information content (AvgIpc) is 3.06. The van der Waals surface area contributed by atoms with E-state index < -0.39 is 5.97 Å². The first-order valence-corrected chi connectivity index (χ1v) is 9.39. The molecule has 2 heterocycles. The van der Waals surface area contributed by atoms with Crippen LogP contribution >= 0.6 is 15.9 Å². The van der Waals surface area contributed by atoms with Gasteiger partial charge in [0.05, 0.1) is 18.3 Å².